The fourth-order valence-electron chi connectivity index (χ4n) is 3.38. The highest BCUT2D eigenvalue weighted by atomic mass is 79.9. The summed E-state index contributed by atoms with van der Waals surface area (Å²) in [6.45, 7) is 3.90. The molecule has 3 rings (SSSR count). The molecule has 1 aromatic rings. The van der Waals surface area contributed by atoms with Crippen molar-refractivity contribution < 1.29 is 0 Å². The molecule has 0 radical (unpaired) electrons. The van der Waals surface area contributed by atoms with E-state index in [1.54, 1.807) is 0 Å². The molecule has 92 valence electrons. The highest BCUT2D eigenvalue weighted by Gasteiger charge is 2.41. The Morgan fingerprint density at radius 3 is 2.35 bits per heavy atom. The van der Waals surface area contributed by atoms with E-state index in [2.05, 4.69) is 45.1 Å². The molecular formula is C15H20BrN. The summed E-state index contributed by atoms with van der Waals surface area (Å²) >= 11 is 3.74. The molecule has 0 unspecified atom stereocenters. The van der Waals surface area contributed by atoms with Gasteiger partial charge < -0.3 is 4.90 Å². The zero-order chi connectivity index (χ0) is 11.7. The highest BCUT2D eigenvalue weighted by molar-refractivity contribution is 9.10. The predicted octanol–water partition coefficient (Wildman–Crippen LogP) is 3.97. The quantitative estimate of drug-likeness (QED) is 0.815. The van der Waals surface area contributed by atoms with Gasteiger partial charge in [0, 0.05) is 16.4 Å². The summed E-state index contributed by atoms with van der Waals surface area (Å²) < 4.78 is 1.30. The number of hydrogen-bond donors (Lipinski definition) is 0. The standard InChI is InChI=1S/C15H20BrN/c16-14-7-2-1-6-13(14)15(8-5-9-15)12-17-10-3-4-11-17/h1-2,6-7H,3-5,8-12H2. The average Bonchev–Trinajstić information content (AvgIpc) is 2.77. The highest BCUT2D eigenvalue weighted by Crippen LogP contribution is 2.47. The number of hydrogen-bond acceptors (Lipinski definition) is 1. The van der Waals surface area contributed by atoms with Crippen molar-refractivity contribution in [2.45, 2.75) is 37.5 Å². The van der Waals surface area contributed by atoms with E-state index < -0.39 is 0 Å². The molecule has 1 aromatic carbocycles. The number of rotatable bonds is 3. The first kappa shape index (κ1) is 11.7. The Labute approximate surface area is 112 Å². The largest absolute Gasteiger partial charge is 0.302 e. The first-order chi connectivity index (χ1) is 8.30. The Hall–Kier alpha value is -0.340. The first-order valence-corrected chi connectivity index (χ1v) is 7.57. The van der Waals surface area contributed by atoms with Crippen molar-refractivity contribution in [3.63, 3.8) is 0 Å². The van der Waals surface area contributed by atoms with E-state index in [-0.39, 0.29) is 0 Å². The molecule has 1 saturated carbocycles. The predicted molar refractivity (Wildman–Crippen MR) is 75.3 cm³/mol. The molecule has 1 aliphatic carbocycles. The summed E-state index contributed by atoms with van der Waals surface area (Å²) in [6, 6.07) is 8.82. The molecule has 2 heteroatoms. The van der Waals surface area contributed by atoms with E-state index in [0.29, 0.717) is 5.41 Å². The molecule has 1 nitrogen and oxygen atoms in total. The molecule has 1 saturated heterocycles. The summed E-state index contributed by atoms with van der Waals surface area (Å²) in [5, 5.41) is 0. The van der Waals surface area contributed by atoms with Gasteiger partial charge in [0.05, 0.1) is 0 Å². The van der Waals surface area contributed by atoms with Crippen LogP contribution in [0.25, 0.3) is 0 Å². The van der Waals surface area contributed by atoms with E-state index in [1.807, 2.05) is 0 Å². The lowest BCUT2D eigenvalue weighted by atomic mass is 9.64. The third kappa shape index (κ3) is 2.17. The van der Waals surface area contributed by atoms with Crippen LogP contribution in [0.4, 0.5) is 0 Å². The molecular weight excluding hydrogens is 274 g/mol. The zero-order valence-corrected chi connectivity index (χ0v) is 11.9. The van der Waals surface area contributed by atoms with Crippen molar-refractivity contribution in [1.82, 2.24) is 4.90 Å². The van der Waals surface area contributed by atoms with Crippen molar-refractivity contribution in [3.05, 3.63) is 34.3 Å². The smallest absolute Gasteiger partial charge is 0.0213 e. The Kier molecular flexibility index (Phi) is 3.27. The molecule has 2 fully saturated rings. The topological polar surface area (TPSA) is 3.24 Å². The molecule has 17 heavy (non-hydrogen) atoms. The summed E-state index contributed by atoms with van der Waals surface area (Å²) in [5.41, 5.74) is 1.99. The Morgan fingerprint density at radius 1 is 1.06 bits per heavy atom. The minimum absolute atomic E-state index is 0.449. The van der Waals surface area contributed by atoms with Gasteiger partial charge >= 0.3 is 0 Å². The van der Waals surface area contributed by atoms with Gasteiger partial charge in [-0.15, -0.1) is 0 Å². The number of nitrogens with zero attached hydrogens (tertiary/aromatic N) is 1. The van der Waals surface area contributed by atoms with Gasteiger partial charge in [0.25, 0.3) is 0 Å². The van der Waals surface area contributed by atoms with Crippen molar-refractivity contribution in [3.8, 4) is 0 Å². The SMILES string of the molecule is Brc1ccccc1C1(CN2CCCC2)CCC1. The van der Waals surface area contributed by atoms with E-state index >= 15 is 0 Å². The molecule has 1 aliphatic heterocycles. The van der Waals surface area contributed by atoms with Crippen LogP contribution in [0.5, 0.6) is 0 Å². The second-order valence-electron chi connectivity index (χ2n) is 5.60. The first-order valence-electron chi connectivity index (χ1n) is 6.78. The van der Waals surface area contributed by atoms with Gasteiger partial charge in [-0.1, -0.05) is 40.5 Å². The van der Waals surface area contributed by atoms with E-state index in [1.165, 1.54) is 61.8 Å². The summed E-state index contributed by atoms with van der Waals surface area (Å²) in [5.74, 6) is 0. The lowest BCUT2D eigenvalue weighted by Gasteiger charge is -2.45. The molecule has 0 N–H and O–H groups in total. The van der Waals surface area contributed by atoms with E-state index in [4.69, 9.17) is 0 Å². The van der Waals surface area contributed by atoms with E-state index in [0.717, 1.165) is 0 Å². The second kappa shape index (κ2) is 4.74. The lowest BCUT2D eigenvalue weighted by molar-refractivity contribution is 0.158. The third-order valence-corrected chi connectivity index (χ3v) is 5.17. The van der Waals surface area contributed by atoms with Crippen molar-refractivity contribution in [2.24, 2.45) is 0 Å². The molecule has 2 aliphatic rings. The van der Waals surface area contributed by atoms with Crippen molar-refractivity contribution in [2.75, 3.05) is 19.6 Å². The van der Waals surface area contributed by atoms with Crippen LogP contribution in [0.15, 0.2) is 28.7 Å². The zero-order valence-electron chi connectivity index (χ0n) is 10.3. The van der Waals surface area contributed by atoms with Gasteiger partial charge in [-0.05, 0) is 50.4 Å². The van der Waals surface area contributed by atoms with Crippen LogP contribution in [0.2, 0.25) is 0 Å². The Balaban J connectivity index is 1.83. The number of halogens is 1. The van der Waals surface area contributed by atoms with E-state index in [9.17, 15) is 0 Å². The maximum absolute atomic E-state index is 3.74. The number of likely N-dealkylation sites (tertiary alicyclic amines) is 1. The van der Waals surface area contributed by atoms with Crippen molar-refractivity contribution >= 4 is 15.9 Å². The van der Waals surface area contributed by atoms with Gasteiger partial charge in [-0.2, -0.15) is 0 Å². The minimum atomic E-state index is 0.449. The summed E-state index contributed by atoms with van der Waals surface area (Å²) in [4.78, 5) is 2.67. The van der Waals surface area contributed by atoms with Crippen LogP contribution in [-0.4, -0.2) is 24.5 Å². The van der Waals surface area contributed by atoms with Gasteiger partial charge in [-0.25, -0.2) is 0 Å². The van der Waals surface area contributed by atoms with Crippen LogP contribution >= 0.6 is 15.9 Å². The lowest BCUT2D eigenvalue weighted by Crippen LogP contribution is -2.45. The summed E-state index contributed by atoms with van der Waals surface area (Å²) in [7, 11) is 0. The molecule has 0 amide bonds. The molecule has 1 heterocycles. The normalized spacial score (nSPS) is 23.6. The number of benzene rings is 1. The molecule has 0 spiro atoms. The fraction of sp³-hybridized carbons (Fsp3) is 0.600. The molecule has 0 atom stereocenters. The minimum Gasteiger partial charge on any atom is -0.302 e. The fourth-order valence-corrected chi connectivity index (χ4v) is 4.08. The molecule has 0 bridgehead atoms. The third-order valence-electron chi connectivity index (χ3n) is 4.48. The average molecular weight is 294 g/mol. The van der Waals surface area contributed by atoms with Crippen LogP contribution in [0, 0.1) is 0 Å². The van der Waals surface area contributed by atoms with Gasteiger partial charge in [0.15, 0.2) is 0 Å². The second-order valence-corrected chi connectivity index (χ2v) is 6.45. The monoisotopic (exact) mass is 293 g/mol. The van der Waals surface area contributed by atoms with Crippen LogP contribution in [0.3, 0.4) is 0 Å². The maximum atomic E-state index is 3.74. The van der Waals surface area contributed by atoms with Crippen LogP contribution < -0.4 is 0 Å². The summed E-state index contributed by atoms with van der Waals surface area (Å²) in [6.07, 6.45) is 6.92. The van der Waals surface area contributed by atoms with Crippen LogP contribution in [-0.2, 0) is 5.41 Å². The van der Waals surface area contributed by atoms with Crippen LogP contribution in [0.1, 0.15) is 37.7 Å². The van der Waals surface area contributed by atoms with Crippen molar-refractivity contribution in [1.29, 1.82) is 0 Å². The van der Waals surface area contributed by atoms with Gasteiger partial charge in [0.2, 0.25) is 0 Å². The van der Waals surface area contributed by atoms with Gasteiger partial charge in [0.1, 0.15) is 0 Å². The molecule has 0 aromatic heterocycles. The Bertz CT molecular complexity index is 392. The maximum Gasteiger partial charge on any atom is 0.0213 e. The Morgan fingerprint density at radius 2 is 1.76 bits per heavy atom. The van der Waals surface area contributed by atoms with Gasteiger partial charge in [-0.3, -0.25) is 0 Å².